The highest BCUT2D eigenvalue weighted by atomic mass is 32.2. The number of aliphatic hydroxyl groups excluding tert-OH is 2. The summed E-state index contributed by atoms with van der Waals surface area (Å²) >= 11 is 4.46. The molecule has 9 heteroatoms. The first-order valence-corrected chi connectivity index (χ1v) is 11.3. The number of rotatable bonds is 16. The molecule has 2 unspecified atom stereocenters. The Morgan fingerprint density at radius 2 is 1.32 bits per heavy atom. The molecule has 0 aliphatic rings. The monoisotopic (exact) mass is 410 g/mol. The van der Waals surface area contributed by atoms with Gasteiger partial charge in [-0.25, -0.2) is 0 Å². The number of hydrogen-bond acceptors (Lipinski definition) is 9. The summed E-state index contributed by atoms with van der Waals surface area (Å²) in [6.45, 7) is 6.80. The molecule has 0 amide bonds. The summed E-state index contributed by atoms with van der Waals surface area (Å²) in [5.41, 5.74) is 0. The van der Waals surface area contributed by atoms with E-state index in [9.17, 15) is 10.2 Å². The zero-order chi connectivity index (χ0) is 18.3. The van der Waals surface area contributed by atoms with Crippen molar-refractivity contribution in [2.24, 2.45) is 0 Å². The molecule has 6 nitrogen and oxygen atoms in total. The predicted octanol–water partition coefficient (Wildman–Crippen LogP) is 3.08. The van der Waals surface area contributed by atoms with Crippen molar-refractivity contribution in [1.29, 1.82) is 0 Å². The highest BCUT2D eigenvalue weighted by molar-refractivity contribution is 8.03. The number of thioether (sulfide) groups is 2. The van der Waals surface area contributed by atoms with Crippen LogP contribution in [0.3, 0.4) is 0 Å². The molecular formula is C16H30N2O4S3. The number of ether oxygens (including phenoxy) is 2. The topological polar surface area (TPSA) is 84.7 Å². The van der Waals surface area contributed by atoms with Gasteiger partial charge < -0.3 is 19.7 Å². The van der Waals surface area contributed by atoms with Gasteiger partial charge in [0.1, 0.15) is 0 Å². The average molecular weight is 411 g/mol. The lowest BCUT2D eigenvalue weighted by molar-refractivity contribution is 0.118. The van der Waals surface area contributed by atoms with Gasteiger partial charge in [-0.15, -0.1) is 10.2 Å². The van der Waals surface area contributed by atoms with Gasteiger partial charge in [0.25, 0.3) is 0 Å². The summed E-state index contributed by atoms with van der Waals surface area (Å²) in [7, 11) is 0. The van der Waals surface area contributed by atoms with Gasteiger partial charge in [0, 0.05) is 13.2 Å². The fourth-order valence-corrected chi connectivity index (χ4v) is 5.12. The van der Waals surface area contributed by atoms with Gasteiger partial charge in [0.2, 0.25) is 0 Å². The van der Waals surface area contributed by atoms with Gasteiger partial charge in [-0.3, -0.25) is 0 Å². The van der Waals surface area contributed by atoms with Gasteiger partial charge >= 0.3 is 0 Å². The SMILES string of the molecule is CCCCOCC(CO)Sc1nnc(SC(CO)COCCCC)s1. The Morgan fingerprint density at radius 1 is 0.880 bits per heavy atom. The van der Waals surface area contributed by atoms with E-state index in [0.29, 0.717) is 13.2 Å². The highest BCUT2D eigenvalue weighted by Crippen LogP contribution is 2.33. The van der Waals surface area contributed by atoms with E-state index >= 15 is 0 Å². The summed E-state index contributed by atoms with van der Waals surface area (Å²) in [6, 6.07) is 0. The van der Waals surface area contributed by atoms with Crippen LogP contribution in [0.25, 0.3) is 0 Å². The van der Waals surface area contributed by atoms with Crippen LogP contribution in [0.1, 0.15) is 39.5 Å². The second-order valence-electron chi connectivity index (χ2n) is 5.54. The number of aromatic nitrogens is 2. The third kappa shape index (κ3) is 10.7. The Kier molecular flexibility index (Phi) is 14.1. The third-order valence-electron chi connectivity index (χ3n) is 3.22. The zero-order valence-corrected chi connectivity index (χ0v) is 17.5. The fourth-order valence-electron chi connectivity index (χ4n) is 1.75. The Bertz CT molecular complexity index is 401. The average Bonchev–Trinajstić information content (AvgIpc) is 3.07. The first kappa shape index (κ1) is 23.1. The van der Waals surface area contributed by atoms with Crippen LogP contribution in [-0.4, -0.2) is 70.6 Å². The van der Waals surface area contributed by atoms with Crippen LogP contribution >= 0.6 is 34.9 Å². The second kappa shape index (κ2) is 15.2. The second-order valence-corrected chi connectivity index (χ2v) is 9.61. The van der Waals surface area contributed by atoms with Gasteiger partial charge in [-0.05, 0) is 12.8 Å². The molecule has 2 atom stereocenters. The molecule has 1 aromatic heterocycles. The molecule has 1 aromatic rings. The highest BCUT2D eigenvalue weighted by Gasteiger charge is 2.17. The summed E-state index contributed by atoms with van der Waals surface area (Å²) in [6.07, 6.45) is 4.26. The molecule has 1 rings (SSSR count). The maximum atomic E-state index is 9.48. The zero-order valence-electron chi connectivity index (χ0n) is 15.1. The van der Waals surface area contributed by atoms with Crippen LogP contribution in [0.4, 0.5) is 0 Å². The van der Waals surface area contributed by atoms with E-state index < -0.39 is 0 Å². The summed E-state index contributed by atoms with van der Waals surface area (Å²) < 4.78 is 12.8. The van der Waals surface area contributed by atoms with Gasteiger partial charge in [0.15, 0.2) is 8.68 Å². The minimum absolute atomic E-state index is 0.0336. The van der Waals surface area contributed by atoms with Crippen molar-refractivity contribution in [2.45, 2.75) is 58.7 Å². The van der Waals surface area contributed by atoms with E-state index in [1.165, 1.54) is 34.9 Å². The number of unbranched alkanes of at least 4 members (excludes halogenated alkanes) is 2. The van der Waals surface area contributed by atoms with Crippen LogP contribution in [0, 0.1) is 0 Å². The summed E-state index contributed by atoms with van der Waals surface area (Å²) in [4.78, 5) is 0. The van der Waals surface area contributed by atoms with Crippen molar-refractivity contribution in [3.05, 3.63) is 0 Å². The minimum atomic E-state index is -0.0336. The Hall–Kier alpha value is 0.1000. The lowest BCUT2D eigenvalue weighted by Crippen LogP contribution is -2.16. The van der Waals surface area contributed by atoms with Gasteiger partial charge in [-0.1, -0.05) is 61.5 Å². The largest absolute Gasteiger partial charge is 0.395 e. The van der Waals surface area contributed by atoms with E-state index in [0.717, 1.165) is 47.6 Å². The molecule has 25 heavy (non-hydrogen) atoms. The van der Waals surface area contributed by atoms with Crippen molar-refractivity contribution < 1.29 is 19.7 Å². The van der Waals surface area contributed by atoms with Crippen molar-refractivity contribution in [2.75, 3.05) is 39.6 Å². The fraction of sp³-hybridized carbons (Fsp3) is 0.875. The Morgan fingerprint density at radius 3 is 1.68 bits per heavy atom. The van der Waals surface area contributed by atoms with Gasteiger partial charge in [0.05, 0.1) is 36.9 Å². The van der Waals surface area contributed by atoms with Crippen LogP contribution < -0.4 is 0 Å². The molecule has 0 aromatic carbocycles. The molecule has 0 aliphatic heterocycles. The number of nitrogens with zero attached hydrogens (tertiary/aromatic N) is 2. The van der Waals surface area contributed by atoms with E-state index in [1.54, 1.807) is 0 Å². The molecule has 146 valence electrons. The first-order chi connectivity index (χ1) is 12.2. The van der Waals surface area contributed by atoms with Gasteiger partial charge in [-0.2, -0.15) is 0 Å². The molecule has 0 fully saturated rings. The van der Waals surface area contributed by atoms with Crippen LogP contribution in [0.2, 0.25) is 0 Å². The minimum Gasteiger partial charge on any atom is -0.395 e. The maximum absolute atomic E-state index is 9.48. The van der Waals surface area contributed by atoms with Crippen LogP contribution in [-0.2, 0) is 9.47 Å². The normalized spacial score (nSPS) is 13.9. The lowest BCUT2D eigenvalue weighted by Gasteiger charge is -2.12. The quantitative estimate of drug-likeness (QED) is 0.318. The van der Waals surface area contributed by atoms with Crippen molar-refractivity contribution in [3.63, 3.8) is 0 Å². The molecule has 0 bridgehead atoms. The standard InChI is InChI=1S/C16H30N2O4S3/c1-3-5-7-21-11-13(9-19)23-15-17-18-16(25-15)24-14(10-20)12-22-8-6-4-2/h13-14,19-20H,3-12H2,1-2H3. The number of aliphatic hydroxyl groups is 2. The maximum Gasteiger partial charge on any atom is 0.175 e. The molecule has 0 saturated carbocycles. The van der Waals surface area contributed by atoms with Crippen molar-refractivity contribution in [1.82, 2.24) is 10.2 Å². The number of hydrogen-bond donors (Lipinski definition) is 2. The van der Waals surface area contributed by atoms with E-state index in [4.69, 9.17) is 9.47 Å². The first-order valence-electron chi connectivity index (χ1n) is 8.77. The molecule has 0 radical (unpaired) electrons. The van der Waals surface area contributed by atoms with Crippen molar-refractivity contribution >= 4 is 34.9 Å². The molecule has 2 N–H and O–H groups in total. The molecular weight excluding hydrogens is 380 g/mol. The lowest BCUT2D eigenvalue weighted by atomic mass is 10.4. The van der Waals surface area contributed by atoms with E-state index in [2.05, 4.69) is 24.0 Å². The molecule has 0 aliphatic carbocycles. The molecule has 0 saturated heterocycles. The summed E-state index contributed by atoms with van der Waals surface area (Å²) in [5.74, 6) is 0. The Labute approximate surface area is 163 Å². The van der Waals surface area contributed by atoms with E-state index in [-0.39, 0.29) is 23.7 Å². The Balaban J connectivity index is 2.37. The third-order valence-corrected chi connectivity index (χ3v) is 6.62. The molecule has 1 heterocycles. The summed E-state index contributed by atoms with van der Waals surface area (Å²) in [5, 5.41) is 27.2. The predicted molar refractivity (Wildman–Crippen MR) is 105 cm³/mol. The molecule has 0 spiro atoms. The van der Waals surface area contributed by atoms with Crippen LogP contribution in [0.5, 0.6) is 0 Å². The van der Waals surface area contributed by atoms with E-state index in [1.807, 2.05) is 0 Å². The smallest absolute Gasteiger partial charge is 0.175 e. The van der Waals surface area contributed by atoms with Crippen molar-refractivity contribution in [3.8, 4) is 0 Å². The van der Waals surface area contributed by atoms with Crippen LogP contribution in [0.15, 0.2) is 8.68 Å².